The van der Waals surface area contributed by atoms with Crippen LogP contribution >= 0.6 is 0 Å². The van der Waals surface area contributed by atoms with Gasteiger partial charge in [-0.25, -0.2) is 4.98 Å². The van der Waals surface area contributed by atoms with Crippen LogP contribution in [0.25, 0.3) is 33.1 Å². The Kier molecular flexibility index (Phi) is 4.03. The third kappa shape index (κ3) is 3.15. The second kappa shape index (κ2) is 6.30. The molecule has 2 aromatic heterocycles. The lowest BCUT2D eigenvalue weighted by molar-refractivity contribution is 0.0996. The summed E-state index contributed by atoms with van der Waals surface area (Å²) in [5.41, 5.74) is 16.2. The van der Waals surface area contributed by atoms with Gasteiger partial charge >= 0.3 is 0 Å². The molecule has 0 saturated heterocycles. The summed E-state index contributed by atoms with van der Waals surface area (Å²) in [6.07, 6.45) is 0.864. The summed E-state index contributed by atoms with van der Waals surface area (Å²) in [4.78, 5) is 19.6. The molecule has 7 nitrogen and oxygen atoms in total. The second-order valence-electron chi connectivity index (χ2n) is 8.18. The highest BCUT2D eigenvalue weighted by molar-refractivity contribution is 6.07. The molecule has 0 aliphatic carbocycles. The molecule has 0 fully saturated rings. The number of fused-ring (bicyclic) bond motifs is 2. The van der Waals surface area contributed by atoms with Crippen LogP contribution in [0.5, 0.6) is 0 Å². The number of nitrogens with one attached hydrogen (secondary N) is 1. The molecule has 0 radical (unpaired) electrons. The standard InChI is InChI=1S/C21H22N6O/c1-21(2,3)10-16-24-14-8-7-11(9-15(14)25-16)12-5-4-6-13-17(22)19(20(23)28)27-26-18(12)13/h4-9H,10H2,1-3H3,(H2,22,26)(H2,23,28)(H,24,25). The smallest absolute Gasteiger partial charge is 0.271 e. The number of benzene rings is 2. The van der Waals surface area contributed by atoms with Gasteiger partial charge in [0.25, 0.3) is 5.91 Å². The van der Waals surface area contributed by atoms with E-state index in [2.05, 4.69) is 40.9 Å². The molecule has 0 unspecified atom stereocenters. The molecule has 7 heteroatoms. The van der Waals surface area contributed by atoms with Gasteiger partial charge in [0, 0.05) is 17.4 Å². The number of aromatic amines is 1. The molecule has 0 bridgehead atoms. The number of hydrogen-bond donors (Lipinski definition) is 3. The van der Waals surface area contributed by atoms with E-state index in [1.165, 1.54) is 0 Å². The van der Waals surface area contributed by atoms with E-state index in [-0.39, 0.29) is 16.8 Å². The number of hydrogen-bond acceptors (Lipinski definition) is 5. The summed E-state index contributed by atoms with van der Waals surface area (Å²) in [5, 5.41) is 8.80. The molecule has 0 aliphatic rings. The molecule has 1 amide bonds. The summed E-state index contributed by atoms with van der Waals surface area (Å²) in [6, 6.07) is 11.7. The Labute approximate surface area is 162 Å². The summed E-state index contributed by atoms with van der Waals surface area (Å²) in [5.74, 6) is 0.273. The molecule has 0 aliphatic heterocycles. The van der Waals surface area contributed by atoms with Crippen molar-refractivity contribution in [3.05, 3.63) is 47.9 Å². The predicted molar refractivity (Wildman–Crippen MR) is 111 cm³/mol. The van der Waals surface area contributed by atoms with Crippen LogP contribution in [0.1, 0.15) is 37.1 Å². The van der Waals surface area contributed by atoms with Crippen molar-refractivity contribution in [2.45, 2.75) is 27.2 Å². The topological polar surface area (TPSA) is 124 Å². The molecule has 4 rings (SSSR count). The number of amides is 1. The monoisotopic (exact) mass is 374 g/mol. The quantitative estimate of drug-likeness (QED) is 0.507. The van der Waals surface area contributed by atoms with Crippen LogP contribution in [-0.2, 0) is 6.42 Å². The van der Waals surface area contributed by atoms with Crippen molar-refractivity contribution in [3.63, 3.8) is 0 Å². The maximum absolute atomic E-state index is 11.5. The van der Waals surface area contributed by atoms with E-state index in [0.717, 1.165) is 34.4 Å². The van der Waals surface area contributed by atoms with E-state index in [1.54, 1.807) is 0 Å². The Morgan fingerprint density at radius 3 is 2.64 bits per heavy atom. The normalized spacial score (nSPS) is 12.0. The van der Waals surface area contributed by atoms with Gasteiger partial charge in [0.05, 0.1) is 16.7 Å². The number of H-pyrrole nitrogens is 1. The van der Waals surface area contributed by atoms with Gasteiger partial charge in [-0.15, -0.1) is 10.2 Å². The first kappa shape index (κ1) is 17.9. The SMILES string of the molecule is CC(C)(C)Cc1nc2ccc(-c3cccc4c(N)c(C(N)=O)nnc34)cc2[nH]1. The fraction of sp³-hybridized carbons (Fsp3) is 0.238. The van der Waals surface area contributed by atoms with Gasteiger partial charge in [-0.2, -0.15) is 0 Å². The Bertz CT molecular complexity index is 1220. The number of nitrogens with two attached hydrogens (primary N) is 2. The lowest BCUT2D eigenvalue weighted by Gasteiger charge is -2.15. The molecule has 2 aromatic carbocycles. The Morgan fingerprint density at radius 2 is 1.93 bits per heavy atom. The molecule has 4 aromatic rings. The maximum atomic E-state index is 11.5. The van der Waals surface area contributed by atoms with Gasteiger partial charge in [0.15, 0.2) is 5.69 Å². The number of nitrogens with zero attached hydrogens (tertiary/aromatic N) is 3. The minimum Gasteiger partial charge on any atom is -0.396 e. The summed E-state index contributed by atoms with van der Waals surface area (Å²) < 4.78 is 0. The third-order valence-corrected chi connectivity index (χ3v) is 4.60. The first-order valence-corrected chi connectivity index (χ1v) is 9.07. The molecular formula is C21H22N6O. The second-order valence-corrected chi connectivity index (χ2v) is 8.18. The van der Waals surface area contributed by atoms with Gasteiger partial charge in [0.1, 0.15) is 11.3 Å². The fourth-order valence-corrected chi connectivity index (χ4v) is 3.38. The number of primary amides is 1. The number of rotatable bonds is 3. The highest BCUT2D eigenvalue weighted by Gasteiger charge is 2.17. The van der Waals surface area contributed by atoms with Gasteiger partial charge in [-0.05, 0) is 23.1 Å². The average molecular weight is 374 g/mol. The molecule has 0 atom stereocenters. The zero-order valence-electron chi connectivity index (χ0n) is 16.1. The molecule has 142 valence electrons. The van der Waals surface area contributed by atoms with Crippen molar-refractivity contribution in [2.75, 3.05) is 5.73 Å². The van der Waals surface area contributed by atoms with E-state index < -0.39 is 5.91 Å². The number of carbonyl (C=O) groups is 1. The molecule has 0 saturated carbocycles. The lowest BCUT2D eigenvalue weighted by Crippen LogP contribution is -2.16. The number of nitrogen functional groups attached to an aromatic ring is 1. The van der Waals surface area contributed by atoms with Crippen LogP contribution in [0.2, 0.25) is 0 Å². The van der Waals surface area contributed by atoms with Crippen LogP contribution in [0, 0.1) is 5.41 Å². The molecule has 28 heavy (non-hydrogen) atoms. The molecule has 2 heterocycles. The lowest BCUT2D eigenvalue weighted by atomic mass is 9.92. The van der Waals surface area contributed by atoms with Crippen molar-refractivity contribution in [3.8, 4) is 11.1 Å². The largest absolute Gasteiger partial charge is 0.396 e. The summed E-state index contributed by atoms with van der Waals surface area (Å²) >= 11 is 0. The van der Waals surface area contributed by atoms with Crippen LogP contribution in [0.15, 0.2) is 36.4 Å². The average Bonchev–Trinajstić information content (AvgIpc) is 3.00. The van der Waals surface area contributed by atoms with Gasteiger partial charge < -0.3 is 16.5 Å². The Balaban J connectivity index is 1.84. The van der Waals surface area contributed by atoms with E-state index >= 15 is 0 Å². The third-order valence-electron chi connectivity index (χ3n) is 4.60. The zero-order valence-corrected chi connectivity index (χ0v) is 16.1. The molecule has 5 N–H and O–H groups in total. The number of aromatic nitrogens is 4. The van der Waals surface area contributed by atoms with E-state index in [9.17, 15) is 4.79 Å². The van der Waals surface area contributed by atoms with Crippen LogP contribution in [0.4, 0.5) is 5.69 Å². The first-order valence-electron chi connectivity index (χ1n) is 9.07. The Morgan fingerprint density at radius 1 is 1.14 bits per heavy atom. The van der Waals surface area contributed by atoms with Crippen molar-refractivity contribution < 1.29 is 4.79 Å². The van der Waals surface area contributed by atoms with Gasteiger partial charge in [-0.3, -0.25) is 4.79 Å². The Hall–Kier alpha value is -3.48. The maximum Gasteiger partial charge on any atom is 0.271 e. The minimum absolute atomic E-state index is 0.0134. The van der Waals surface area contributed by atoms with Crippen molar-refractivity contribution in [1.82, 2.24) is 20.2 Å². The number of imidazole rings is 1. The van der Waals surface area contributed by atoms with E-state index in [0.29, 0.717) is 10.9 Å². The fourth-order valence-electron chi connectivity index (χ4n) is 3.38. The van der Waals surface area contributed by atoms with Gasteiger partial charge in [-0.1, -0.05) is 45.0 Å². The predicted octanol–water partition coefficient (Wildman–Crippen LogP) is 3.44. The highest BCUT2D eigenvalue weighted by atomic mass is 16.1. The molecular weight excluding hydrogens is 352 g/mol. The van der Waals surface area contributed by atoms with Crippen molar-refractivity contribution in [2.24, 2.45) is 11.1 Å². The van der Waals surface area contributed by atoms with E-state index in [1.807, 2.05) is 36.4 Å². The summed E-state index contributed by atoms with van der Waals surface area (Å²) in [6.45, 7) is 6.56. The van der Waals surface area contributed by atoms with Crippen LogP contribution in [0.3, 0.4) is 0 Å². The number of carbonyl (C=O) groups excluding carboxylic acids is 1. The van der Waals surface area contributed by atoms with Crippen molar-refractivity contribution in [1.29, 1.82) is 0 Å². The van der Waals surface area contributed by atoms with Gasteiger partial charge in [0.2, 0.25) is 0 Å². The minimum atomic E-state index is -0.692. The van der Waals surface area contributed by atoms with Crippen molar-refractivity contribution >= 4 is 33.5 Å². The van der Waals surface area contributed by atoms with E-state index in [4.69, 9.17) is 11.5 Å². The van der Waals surface area contributed by atoms with Crippen LogP contribution in [-0.4, -0.2) is 26.1 Å². The highest BCUT2D eigenvalue weighted by Crippen LogP contribution is 2.32. The first-order chi connectivity index (χ1) is 13.2. The summed E-state index contributed by atoms with van der Waals surface area (Å²) in [7, 11) is 0. The van der Waals surface area contributed by atoms with Crippen LogP contribution < -0.4 is 11.5 Å². The zero-order chi connectivity index (χ0) is 20.1. The molecule has 0 spiro atoms. The number of anilines is 1.